The van der Waals surface area contributed by atoms with E-state index in [0.717, 1.165) is 0 Å². The molecule has 0 nitrogen and oxygen atoms in total. The van der Waals surface area contributed by atoms with Crippen molar-refractivity contribution in [1.82, 2.24) is 0 Å². The summed E-state index contributed by atoms with van der Waals surface area (Å²) in [4.78, 5) is 0.812. The molecule has 0 heterocycles. The van der Waals surface area contributed by atoms with E-state index in [1.807, 2.05) is 0 Å². The molecule has 0 N–H and O–H groups in total. The molecule has 0 amide bonds. The van der Waals surface area contributed by atoms with E-state index in [-0.39, 0.29) is 0 Å². The van der Waals surface area contributed by atoms with E-state index in [2.05, 4.69) is 68.3 Å². The van der Waals surface area contributed by atoms with Crippen LogP contribution in [-0.4, -0.2) is 0 Å². The molecule has 0 aromatic heterocycles. The molecule has 0 radical (unpaired) electrons. The molecule has 1 aliphatic rings. The fraction of sp³-hybridized carbons (Fsp3) is 0.167. The number of hydrogen-bond acceptors (Lipinski definition) is 0. The standard InChI is InChI=1S/C12H8Br2/c13-11-8-5-1-3-7-4-2-6-9(10(7)8)12(11)14/h1-6,11-12H. The predicted octanol–water partition coefficient (Wildman–Crippen LogP) is 4.73. The molecule has 2 aromatic rings. The zero-order valence-corrected chi connectivity index (χ0v) is 10.5. The van der Waals surface area contributed by atoms with Crippen molar-refractivity contribution in [2.75, 3.05) is 0 Å². The molecular formula is C12H8Br2. The van der Waals surface area contributed by atoms with E-state index in [0.29, 0.717) is 9.65 Å². The third-order valence-corrected chi connectivity index (χ3v) is 5.57. The maximum absolute atomic E-state index is 3.73. The molecule has 70 valence electrons. The van der Waals surface area contributed by atoms with Crippen LogP contribution in [0.3, 0.4) is 0 Å². The zero-order chi connectivity index (χ0) is 9.71. The van der Waals surface area contributed by atoms with E-state index in [4.69, 9.17) is 0 Å². The minimum absolute atomic E-state index is 0.406. The first-order valence-electron chi connectivity index (χ1n) is 4.59. The third-order valence-electron chi connectivity index (χ3n) is 2.82. The van der Waals surface area contributed by atoms with Gasteiger partial charge in [0.2, 0.25) is 0 Å². The van der Waals surface area contributed by atoms with Crippen molar-refractivity contribution in [2.24, 2.45) is 0 Å². The van der Waals surface area contributed by atoms with Crippen molar-refractivity contribution in [2.45, 2.75) is 9.65 Å². The Balaban J connectivity index is 2.49. The summed E-state index contributed by atoms with van der Waals surface area (Å²) in [6.45, 7) is 0. The minimum Gasteiger partial charge on any atom is -0.0823 e. The van der Waals surface area contributed by atoms with Crippen molar-refractivity contribution in [1.29, 1.82) is 0 Å². The van der Waals surface area contributed by atoms with Crippen LogP contribution < -0.4 is 0 Å². The highest BCUT2D eigenvalue weighted by molar-refractivity contribution is 9.12. The molecule has 0 aliphatic heterocycles. The lowest BCUT2D eigenvalue weighted by molar-refractivity contribution is 0.999. The smallest absolute Gasteiger partial charge is 0.0567 e. The Bertz CT molecular complexity index is 462. The van der Waals surface area contributed by atoms with Gasteiger partial charge in [0, 0.05) is 0 Å². The van der Waals surface area contributed by atoms with Crippen LogP contribution in [-0.2, 0) is 0 Å². The summed E-state index contributed by atoms with van der Waals surface area (Å²) in [6.07, 6.45) is 0. The number of hydrogen-bond donors (Lipinski definition) is 0. The average molecular weight is 312 g/mol. The van der Waals surface area contributed by atoms with Gasteiger partial charge in [-0.05, 0) is 21.9 Å². The molecule has 0 spiro atoms. The first-order valence-corrected chi connectivity index (χ1v) is 6.42. The Morgan fingerprint density at radius 2 is 1.29 bits per heavy atom. The van der Waals surface area contributed by atoms with E-state index < -0.39 is 0 Å². The summed E-state index contributed by atoms with van der Waals surface area (Å²) in [5.74, 6) is 0. The van der Waals surface area contributed by atoms with E-state index in [1.54, 1.807) is 0 Å². The summed E-state index contributed by atoms with van der Waals surface area (Å²) in [5.41, 5.74) is 2.81. The molecule has 2 heteroatoms. The Morgan fingerprint density at radius 3 is 1.79 bits per heavy atom. The predicted molar refractivity (Wildman–Crippen MR) is 67.3 cm³/mol. The number of halogens is 2. The van der Waals surface area contributed by atoms with Crippen LogP contribution in [0, 0.1) is 0 Å². The summed E-state index contributed by atoms with van der Waals surface area (Å²) in [7, 11) is 0. The van der Waals surface area contributed by atoms with Crippen molar-refractivity contribution in [3.8, 4) is 0 Å². The number of benzene rings is 2. The Labute approximate surface area is 99.6 Å². The second-order valence-electron chi connectivity index (χ2n) is 3.60. The van der Waals surface area contributed by atoms with E-state index >= 15 is 0 Å². The second-order valence-corrected chi connectivity index (χ2v) is 5.57. The van der Waals surface area contributed by atoms with Crippen LogP contribution in [0.4, 0.5) is 0 Å². The molecule has 14 heavy (non-hydrogen) atoms. The van der Waals surface area contributed by atoms with Gasteiger partial charge < -0.3 is 0 Å². The van der Waals surface area contributed by atoms with Crippen LogP contribution >= 0.6 is 31.9 Å². The van der Waals surface area contributed by atoms with Gasteiger partial charge in [0.25, 0.3) is 0 Å². The van der Waals surface area contributed by atoms with E-state index in [9.17, 15) is 0 Å². The SMILES string of the molecule is BrC1c2cccc3cccc(c23)C1Br. The summed E-state index contributed by atoms with van der Waals surface area (Å²) in [6, 6.07) is 13.0. The van der Waals surface area contributed by atoms with Crippen LogP contribution in [0.5, 0.6) is 0 Å². The molecule has 3 rings (SSSR count). The largest absolute Gasteiger partial charge is 0.0823 e. The quantitative estimate of drug-likeness (QED) is 0.617. The van der Waals surface area contributed by atoms with Gasteiger partial charge in [-0.3, -0.25) is 0 Å². The average Bonchev–Trinajstić information content (AvgIpc) is 2.47. The first-order chi connectivity index (χ1) is 6.79. The van der Waals surface area contributed by atoms with Gasteiger partial charge in [0.05, 0.1) is 9.65 Å². The molecule has 2 unspecified atom stereocenters. The van der Waals surface area contributed by atoms with Gasteiger partial charge in [-0.25, -0.2) is 0 Å². The third kappa shape index (κ3) is 1.04. The molecule has 2 atom stereocenters. The summed E-state index contributed by atoms with van der Waals surface area (Å²) >= 11 is 7.46. The van der Waals surface area contributed by atoms with Gasteiger partial charge in [0.1, 0.15) is 0 Å². The monoisotopic (exact) mass is 310 g/mol. The Hall–Kier alpha value is -0.340. The summed E-state index contributed by atoms with van der Waals surface area (Å²) < 4.78 is 0. The van der Waals surface area contributed by atoms with Gasteiger partial charge in [-0.15, -0.1) is 0 Å². The fourth-order valence-electron chi connectivity index (χ4n) is 2.17. The lowest BCUT2D eigenvalue weighted by Gasteiger charge is -2.06. The number of rotatable bonds is 0. The normalized spacial score (nSPS) is 24.4. The number of alkyl halides is 2. The molecule has 2 aromatic carbocycles. The zero-order valence-electron chi connectivity index (χ0n) is 7.37. The highest BCUT2D eigenvalue weighted by Gasteiger charge is 2.29. The van der Waals surface area contributed by atoms with Crippen LogP contribution in [0.2, 0.25) is 0 Å². The minimum atomic E-state index is 0.406. The molecule has 0 fully saturated rings. The summed E-state index contributed by atoms with van der Waals surface area (Å²) in [5, 5.41) is 2.75. The maximum Gasteiger partial charge on any atom is 0.0567 e. The van der Waals surface area contributed by atoms with Crippen LogP contribution in [0.15, 0.2) is 36.4 Å². The molecule has 1 aliphatic carbocycles. The topological polar surface area (TPSA) is 0 Å². The molecule has 0 saturated heterocycles. The van der Waals surface area contributed by atoms with Gasteiger partial charge in [-0.1, -0.05) is 68.3 Å². The Kier molecular flexibility index (Phi) is 1.96. The molecular weight excluding hydrogens is 304 g/mol. The van der Waals surface area contributed by atoms with Crippen molar-refractivity contribution < 1.29 is 0 Å². The van der Waals surface area contributed by atoms with Crippen LogP contribution in [0.25, 0.3) is 10.8 Å². The maximum atomic E-state index is 3.73. The fourth-order valence-corrected chi connectivity index (χ4v) is 3.51. The van der Waals surface area contributed by atoms with E-state index in [1.165, 1.54) is 21.9 Å². The van der Waals surface area contributed by atoms with Crippen molar-refractivity contribution in [3.05, 3.63) is 47.5 Å². The van der Waals surface area contributed by atoms with Crippen LogP contribution in [0.1, 0.15) is 20.8 Å². The highest BCUT2D eigenvalue weighted by Crippen LogP contribution is 2.52. The lowest BCUT2D eigenvalue weighted by Crippen LogP contribution is -1.87. The molecule has 0 bridgehead atoms. The molecule has 0 saturated carbocycles. The lowest BCUT2D eigenvalue weighted by atomic mass is 10.1. The van der Waals surface area contributed by atoms with Gasteiger partial charge >= 0.3 is 0 Å². The van der Waals surface area contributed by atoms with Crippen molar-refractivity contribution in [3.63, 3.8) is 0 Å². The Morgan fingerprint density at radius 1 is 0.786 bits per heavy atom. The second kappa shape index (κ2) is 3.07. The highest BCUT2D eigenvalue weighted by atomic mass is 79.9. The van der Waals surface area contributed by atoms with Gasteiger partial charge in [0.15, 0.2) is 0 Å². The first kappa shape index (κ1) is 8.93. The van der Waals surface area contributed by atoms with Crippen molar-refractivity contribution >= 4 is 42.6 Å². The van der Waals surface area contributed by atoms with Gasteiger partial charge in [-0.2, -0.15) is 0 Å².